The molecule has 1 heterocycles. The molecule has 156 valence electrons. The molecule has 1 aliphatic rings. The lowest BCUT2D eigenvalue weighted by atomic mass is 10.2. The minimum Gasteiger partial charge on any atom is -0.447 e. The Hall–Kier alpha value is -2.04. The van der Waals surface area contributed by atoms with Gasteiger partial charge in [-0.05, 0) is 24.1 Å². The lowest BCUT2D eigenvalue weighted by molar-refractivity contribution is -0.127. The van der Waals surface area contributed by atoms with E-state index in [0.717, 1.165) is 30.6 Å². The van der Waals surface area contributed by atoms with Crippen molar-refractivity contribution in [1.29, 1.82) is 0 Å². The number of amides is 2. The number of cyclic esters (lactones) is 1. The minimum absolute atomic E-state index is 0. The van der Waals surface area contributed by atoms with Crippen LogP contribution >= 0.6 is 24.0 Å². The molecule has 0 atom stereocenters. The Bertz CT molecular complexity index is 664. The second kappa shape index (κ2) is 12.4. The molecule has 1 aliphatic heterocycles. The number of benzene rings is 1. The molecular formula is C19H30IN5O3. The number of carbonyl (C=O) groups is 2. The summed E-state index contributed by atoms with van der Waals surface area (Å²) in [6, 6.07) is 7.67. The van der Waals surface area contributed by atoms with Gasteiger partial charge in [0.15, 0.2) is 5.96 Å². The fraction of sp³-hybridized carbons (Fsp3) is 0.526. The van der Waals surface area contributed by atoms with Crippen molar-refractivity contribution in [1.82, 2.24) is 15.5 Å². The molecule has 1 aromatic rings. The fourth-order valence-corrected chi connectivity index (χ4v) is 2.45. The Balaban J connectivity index is 0.00000392. The van der Waals surface area contributed by atoms with Crippen molar-refractivity contribution in [2.45, 2.75) is 26.3 Å². The van der Waals surface area contributed by atoms with Crippen LogP contribution in [0.3, 0.4) is 0 Å². The second-order valence-corrected chi connectivity index (χ2v) is 6.52. The van der Waals surface area contributed by atoms with Crippen LogP contribution in [-0.4, -0.2) is 63.2 Å². The molecule has 9 heteroatoms. The number of aliphatic imine (C=N–C) groups is 1. The van der Waals surface area contributed by atoms with Crippen molar-refractivity contribution in [2.75, 3.05) is 45.2 Å². The normalized spacial score (nSPS) is 13.6. The fourth-order valence-electron chi connectivity index (χ4n) is 2.45. The van der Waals surface area contributed by atoms with Gasteiger partial charge >= 0.3 is 6.09 Å². The summed E-state index contributed by atoms with van der Waals surface area (Å²) in [6.45, 7) is 4.59. The molecule has 2 rings (SSSR count). The third kappa shape index (κ3) is 7.53. The molecule has 0 radical (unpaired) electrons. The highest BCUT2D eigenvalue weighted by atomic mass is 127. The first-order valence-corrected chi connectivity index (χ1v) is 9.27. The highest BCUT2D eigenvalue weighted by Gasteiger charge is 2.23. The zero-order valence-corrected chi connectivity index (χ0v) is 19.1. The number of anilines is 1. The van der Waals surface area contributed by atoms with E-state index in [0.29, 0.717) is 25.7 Å². The average molecular weight is 503 g/mol. The quantitative estimate of drug-likeness (QED) is 0.246. The Morgan fingerprint density at radius 1 is 1.25 bits per heavy atom. The second-order valence-electron chi connectivity index (χ2n) is 6.52. The maximum absolute atomic E-state index is 11.8. The van der Waals surface area contributed by atoms with Crippen molar-refractivity contribution in [3.63, 3.8) is 0 Å². The molecule has 0 unspecified atom stereocenters. The Morgan fingerprint density at radius 3 is 2.54 bits per heavy atom. The number of hydrogen-bond donors (Lipinski definition) is 2. The molecular weight excluding hydrogens is 473 g/mol. The van der Waals surface area contributed by atoms with Crippen LogP contribution in [0.1, 0.15) is 25.3 Å². The molecule has 0 aromatic heterocycles. The summed E-state index contributed by atoms with van der Waals surface area (Å²) in [4.78, 5) is 31.1. The standard InChI is InChI=1S/C19H29N5O3.HI/c1-4-5-10-20-18(22-14-17(25)23(2)3)21-13-15-6-8-16(9-7-15)24-11-12-27-19(24)26;/h6-9H,4-5,10-14H2,1-3H3,(H2,20,21,22);1H. The van der Waals surface area contributed by atoms with E-state index in [1.54, 1.807) is 23.9 Å². The minimum atomic E-state index is -0.307. The third-order valence-electron chi connectivity index (χ3n) is 4.16. The zero-order valence-electron chi connectivity index (χ0n) is 16.7. The van der Waals surface area contributed by atoms with Crippen molar-refractivity contribution in [3.8, 4) is 0 Å². The summed E-state index contributed by atoms with van der Waals surface area (Å²) in [5.41, 5.74) is 1.84. The predicted octanol–water partition coefficient (Wildman–Crippen LogP) is 2.18. The van der Waals surface area contributed by atoms with Crippen molar-refractivity contribution >= 4 is 47.6 Å². The summed E-state index contributed by atoms with van der Waals surface area (Å²) in [5, 5.41) is 6.32. The van der Waals surface area contributed by atoms with Crippen molar-refractivity contribution < 1.29 is 14.3 Å². The number of ether oxygens (including phenoxy) is 1. The van der Waals surface area contributed by atoms with Gasteiger partial charge in [0.1, 0.15) is 6.61 Å². The molecule has 2 amide bonds. The molecule has 1 aromatic carbocycles. The van der Waals surface area contributed by atoms with Gasteiger partial charge in [0, 0.05) is 26.3 Å². The van der Waals surface area contributed by atoms with Crippen LogP contribution in [0.25, 0.3) is 0 Å². The van der Waals surface area contributed by atoms with Gasteiger partial charge in [0.05, 0.1) is 19.6 Å². The van der Waals surface area contributed by atoms with Crippen LogP contribution in [0.5, 0.6) is 0 Å². The molecule has 0 spiro atoms. The topological polar surface area (TPSA) is 86.3 Å². The van der Waals surface area contributed by atoms with Crippen LogP contribution in [0.4, 0.5) is 10.5 Å². The van der Waals surface area contributed by atoms with Gasteiger partial charge in [0.25, 0.3) is 0 Å². The summed E-state index contributed by atoms with van der Waals surface area (Å²) in [6.07, 6.45) is 1.80. The Labute approximate surface area is 183 Å². The van der Waals surface area contributed by atoms with Crippen molar-refractivity contribution in [3.05, 3.63) is 29.8 Å². The first-order chi connectivity index (χ1) is 13.0. The number of unbranched alkanes of at least 4 members (excludes halogenated alkanes) is 1. The van der Waals surface area contributed by atoms with Gasteiger partial charge in [-0.3, -0.25) is 9.69 Å². The van der Waals surface area contributed by atoms with Crippen LogP contribution in [-0.2, 0) is 16.1 Å². The van der Waals surface area contributed by atoms with Crippen molar-refractivity contribution in [2.24, 2.45) is 4.99 Å². The maximum Gasteiger partial charge on any atom is 0.414 e. The van der Waals surface area contributed by atoms with Gasteiger partial charge in [-0.2, -0.15) is 0 Å². The zero-order chi connectivity index (χ0) is 19.6. The highest BCUT2D eigenvalue weighted by Crippen LogP contribution is 2.19. The Kier molecular flexibility index (Phi) is 10.6. The number of guanidine groups is 1. The van der Waals surface area contributed by atoms with Crippen LogP contribution in [0, 0.1) is 0 Å². The molecule has 2 N–H and O–H groups in total. The summed E-state index contributed by atoms with van der Waals surface area (Å²) in [5.74, 6) is 0.604. The highest BCUT2D eigenvalue weighted by molar-refractivity contribution is 14.0. The molecule has 28 heavy (non-hydrogen) atoms. The molecule has 1 saturated heterocycles. The molecule has 0 bridgehead atoms. The van der Waals surface area contributed by atoms with E-state index in [1.165, 1.54) is 0 Å². The average Bonchev–Trinajstić information content (AvgIpc) is 3.09. The van der Waals surface area contributed by atoms with E-state index in [9.17, 15) is 9.59 Å². The lowest BCUT2D eigenvalue weighted by Crippen LogP contribution is -2.43. The number of nitrogens with zero attached hydrogens (tertiary/aromatic N) is 3. The third-order valence-corrected chi connectivity index (χ3v) is 4.16. The van der Waals surface area contributed by atoms with Crippen LogP contribution in [0.15, 0.2) is 29.3 Å². The van der Waals surface area contributed by atoms with Gasteiger partial charge in [0.2, 0.25) is 5.91 Å². The number of hydrogen-bond acceptors (Lipinski definition) is 4. The number of carbonyl (C=O) groups excluding carboxylic acids is 2. The Morgan fingerprint density at radius 2 is 1.96 bits per heavy atom. The SMILES string of the molecule is CCCCNC(=NCc1ccc(N2CCOC2=O)cc1)NCC(=O)N(C)C.I. The van der Waals surface area contributed by atoms with E-state index in [1.807, 2.05) is 24.3 Å². The van der Waals surface area contributed by atoms with E-state index >= 15 is 0 Å². The van der Waals surface area contributed by atoms with Gasteiger partial charge in [-0.1, -0.05) is 25.5 Å². The number of nitrogens with one attached hydrogen (secondary N) is 2. The monoisotopic (exact) mass is 503 g/mol. The largest absolute Gasteiger partial charge is 0.447 e. The molecule has 0 aliphatic carbocycles. The molecule has 1 fully saturated rings. The lowest BCUT2D eigenvalue weighted by Gasteiger charge is -2.15. The molecule has 8 nitrogen and oxygen atoms in total. The van der Waals surface area contributed by atoms with Gasteiger partial charge < -0.3 is 20.3 Å². The summed E-state index contributed by atoms with van der Waals surface area (Å²) in [7, 11) is 3.45. The number of halogens is 1. The van der Waals surface area contributed by atoms with E-state index in [-0.39, 0.29) is 42.5 Å². The van der Waals surface area contributed by atoms with Gasteiger partial charge in [-0.15, -0.1) is 24.0 Å². The van der Waals surface area contributed by atoms with E-state index in [4.69, 9.17) is 4.74 Å². The first kappa shape index (κ1) is 24.0. The first-order valence-electron chi connectivity index (χ1n) is 9.27. The number of likely N-dealkylation sites (N-methyl/N-ethyl adjacent to an activating group) is 1. The number of rotatable bonds is 8. The predicted molar refractivity (Wildman–Crippen MR) is 121 cm³/mol. The van der Waals surface area contributed by atoms with E-state index < -0.39 is 0 Å². The van der Waals surface area contributed by atoms with Crippen LogP contribution in [0.2, 0.25) is 0 Å². The van der Waals surface area contributed by atoms with Gasteiger partial charge in [-0.25, -0.2) is 9.79 Å². The van der Waals surface area contributed by atoms with Crippen LogP contribution < -0.4 is 15.5 Å². The maximum atomic E-state index is 11.8. The smallest absolute Gasteiger partial charge is 0.414 e. The van der Waals surface area contributed by atoms with E-state index in [2.05, 4.69) is 22.5 Å². The summed E-state index contributed by atoms with van der Waals surface area (Å²) >= 11 is 0. The molecule has 0 saturated carbocycles. The summed E-state index contributed by atoms with van der Waals surface area (Å²) < 4.78 is 4.96.